The monoisotopic (exact) mass is 171 g/mol. The number of nitrogens with zero attached hydrogens (tertiary/aromatic N) is 1. The number of guanidine groups is 1. The molecule has 1 rings (SSSR count). The van der Waals surface area contributed by atoms with Crippen LogP contribution < -0.4 is 10.6 Å². The number of aliphatic imine (C=N–C) groups is 1. The molecular formula is C8H14FN3. The highest BCUT2D eigenvalue weighted by atomic mass is 19.1. The van der Waals surface area contributed by atoms with Crippen molar-refractivity contribution in [1.82, 2.24) is 10.6 Å². The van der Waals surface area contributed by atoms with Gasteiger partial charge in [0, 0.05) is 7.05 Å². The molecule has 0 amide bonds. The smallest absolute Gasteiger partial charge is 0.196 e. The Labute approximate surface area is 71.8 Å². The van der Waals surface area contributed by atoms with Gasteiger partial charge in [-0.1, -0.05) is 13.3 Å². The minimum absolute atomic E-state index is 0.184. The highest BCUT2D eigenvalue weighted by molar-refractivity contribution is 5.81. The zero-order valence-electron chi connectivity index (χ0n) is 7.39. The molecule has 0 radical (unpaired) electrons. The van der Waals surface area contributed by atoms with E-state index >= 15 is 0 Å². The van der Waals surface area contributed by atoms with E-state index in [0.717, 1.165) is 12.8 Å². The Morgan fingerprint density at radius 3 is 3.08 bits per heavy atom. The molecule has 0 aromatic rings. The zero-order chi connectivity index (χ0) is 8.97. The normalized spacial score (nSPS) is 22.4. The molecule has 2 N–H and O–H groups in total. The van der Waals surface area contributed by atoms with Crippen LogP contribution in [0.2, 0.25) is 0 Å². The van der Waals surface area contributed by atoms with Gasteiger partial charge in [-0.15, -0.1) is 0 Å². The van der Waals surface area contributed by atoms with Crippen LogP contribution in [0.25, 0.3) is 0 Å². The standard InChI is InChI=1S/C8H14FN3/c1-3-4-7-6(9)5-11-8(10-2)12-7/h5,7H,3-4H2,1-2H3,(H2,10,11,12). The van der Waals surface area contributed by atoms with E-state index in [-0.39, 0.29) is 11.9 Å². The maximum Gasteiger partial charge on any atom is 0.196 e. The van der Waals surface area contributed by atoms with Crippen molar-refractivity contribution < 1.29 is 4.39 Å². The molecule has 68 valence electrons. The second kappa shape index (κ2) is 4.09. The molecule has 0 aromatic carbocycles. The van der Waals surface area contributed by atoms with Gasteiger partial charge in [0.2, 0.25) is 0 Å². The first-order valence-corrected chi connectivity index (χ1v) is 4.15. The Morgan fingerprint density at radius 1 is 1.75 bits per heavy atom. The molecule has 1 atom stereocenters. The lowest BCUT2D eigenvalue weighted by Crippen LogP contribution is -2.43. The molecular weight excluding hydrogens is 157 g/mol. The molecule has 1 aliphatic heterocycles. The third-order valence-electron chi connectivity index (χ3n) is 1.77. The first kappa shape index (κ1) is 9.03. The summed E-state index contributed by atoms with van der Waals surface area (Å²) in [6.07, 6.45) is 3.02. The van der Waals surface area contributed by atoms with Crippen LogP contribution in [-0.2, 0) is 0 Å². The summed E-state index contributed by atoms with van der Waals surface area (Å²) in [6.45, 7) is 2.03. The van der Waals surface area contributed by atoms with Gasteiger partial charge in [0.05, 0.1) is 12.2 Å². The van der Waals surface area contributed by atoms with Crippen molar-refractivity contribution in [1.29, 1.82) is 0 Å². The van der Waals surface area contributed by atoms with E-state index < -0.39 is 0 Å². The van der Waals surface area contributed by atoms with Crippen LogP contribution in [0.5, 0.6) is 0 Å². The summed E-state index contributed by atoms with van der Waals surface area (Å²) in [6, 6.07) is -0.199. The van der Waals surface area contributed by atoms with Crippen molar-refractivity contribution in [3.05, 3.63) is 12.0 Å². The van der Waals surface area contributed by atoms with Crippen LogP contribution in [0, 0.1) is 0 Å². The minimum Gasteiger partial charge on any atom is -0.359 e. The number of rotatable bonds is 2. The van der Waals surface area contributed by atoms with Crippen molar-refractivity contribution >= 4 is 5.96 Å². The molecule has 1 aliphatic rings. The number of hydrogen-bond donors (Lipinski definition) is 2. The molecule has 3 nitrogen and oxygen atoms in total. The maximum atomic E-state index is 13.0. The summed E-state index contributed by atoms with van der Waals surface area (Å²) in [5.41, 5.74) is 0. The van der Waals surface area contributed by atoms with Crippen LogP contribution in [0.3, 0.4) is 0 Å². The third-order valence-corrected chi connectivity index (χ3v) is 1.77. The average Bonchev–Trinajstić information content (AvgIpc) is 2.09. The molecule has 0 aromatic heterocycles. The fraction of sp³-hybridized carbons (Fsp3) is 0.625. The topological polar surface area (TPSA) is 36.4 Å². The molecule has 0 spiro atoms. The van der Waals surface area contributed by atoms with Crippen LogP contribution in [0.15, 0.2) is 17.0 Å². The molecule has 1 heterocycles. The lowest BCUT2D eigenvalue weighted by molar-refractivity contribution is 0.474. The lowest BCUT2D eigenvalue weighted by atomic mass is 10.1. The number of hydrogen-bond acceptors (Lipinski definition) is 3. The van der Waals surface area contributed by atoms with E-state index in [1.807, 2.05) is 6.92 Å². The summed E-state index contributed by atoms with van der Waals surface area (Å²) in [4.78, 5) is 3.82. The fourth-order valence-electron chi connectivity index (χ4n) is 1.12. The first-order valence-electron chi connectivity index (χ1n) is 4.15. The molecule has 0 saturated heterocycles. The molecule has 0 aliphatic carbocycles. The van der Waals surface area contributed by atoms with Crippen molar-refractivity contribution in [3.8, 4) is 0 Å². The molecule has 0 fully saturated rings. The van der Waals surface area contributed by atoms with Gasteiger partial charge >= 0.3 is 0 Å². The summed E-state index contributed by atoms with van der Waals surface area (Å²) in [7, 11) is 1.76. The zero-order valence-corrected chi connectivity index (χ0v) is 7.39. The van der Waals surface area contributed by atoms with Crippen LogP contribution in [0.4, 0.5) is 4.39 Å². The summed E-state index contributed by atoms with van der Waals surface area (Å²) >= 11 is 0. The van der Waals surface area contributed by atoms with Gasteiger partial charge in [0.1, 0.15) is 5.83 Å². The molecule has 0 bridgehead atoms. The van der Waals surface area contributed by atoms with E-state index in [4.69, 9.17) is 0 Å². The largest absolute Gasteiger partial charge is 0.359 e. The Bertz CT molecular complexity index is 210. The average molecular weight is 171 g/mol. The van der Waals surface area contributed by atoms with Crippen molar-refractivity contribution in [2.45, 2.75) is 25.8 Å². The maximum absolute atomic E-state index is 13.0. The summed E-state index contributed by atoms with van der Waals surface area (Å²) in [5, 5.41) is 5.79. The molecule has 12 heavy (non-hydrogen) atoms. The minimum atomic E-state index is -0.199. The van der Waals surface area contributed by atoms with Gasteiger partial charge in [-0.25, -0.2) is 9.38 Å². The fourth-order valence-corrected chi connectivity index (χ4v) is 1.12. The number of nitrogens with one attached hydrogen (secondary N) is 2. The van der Waals surface area contributed by atoms with Gasteiger partial charge in [-0.05, 0) is 6.42 Å². The highest BCUT2D eigenvalue weighted by Gasteiger charge is 2.17. The predicted molar refractivity (Wildman–Crippen MR) is 47.5 cm³/mol. The van der Waals surface area contributed by atoms with Gasteiger partial charge < -0.3 is 10.6 Å². The van der Waals surface area contributed by atoms with Crippen LogP contribution in [-0.4, -0.2) is 19.0 Å². The van der Waals surface area contributed by atoms with Gasteiger partial charge in [0.25, 0.3) is 0 Å². The van der Waals surface area contributed by atoms with E-state index in [2.05, 4.69) is 15.6 Å². The molecule has 4 heteroatoms. The Kier molecular flexibility index (Phi) is 3.08. The SMILES string of the molecule is CCCC1NC(NC)=NC=C1F. The summed E-state index contributed by atoms with van der Waals surface area (Å²) in [5.74, 6) is 0.450. The predicted octanol–water partition coefficient (Wildman–Crippen LogP) is 1.14. The third kappa shape index (κ3) is 1.96. The first-order chi connectivity index (χ1) is 5.77. The second-order valence-electron chi connectivity index (χ2n) is 2.73. The van der Waals surface area contributed by atoms with Gasteiger partial charge in [-0.3, -0.25) is 0 Å². The quantitative estimate of drug-likeness (QED) is 0.653. The Balaban J connectivity index is 2.59. The Morgan fingerprint density at radius 2 is 2.50 bits per heavy atom. The van der Waals surface area contributed by atoms with E-state index in [1.54, 1.807) is 7.05 Å². The Hall–Kier alpha value is -1.06. The van der Waals surface area contributed by atoms with Crippen LogP contribution >= 0.6 is 0 Å². The lowest BCUT2D eigenvalue weighted by Gasteiger charge is -2.21. The van der Waals surface area contributed by atoms with Crippen molar-refractivity contribution in [2.75, 3.05) is 7.05 Å². The van der Waals surface area contributed by atoms with Gasteiger partial charge in [0.15, 0.2) is 5.96 Å². The highest BCUT2D eigenvalue weighted by Crippen LogP contribution is 2.12. The molecule has 0 saturated carbocycles. The van der Waals surface area contributed by atoms with E-state index in [0.29, 0.717) is 5.96 Å². The van der Waals surface area contributed by atoms with Crippen molar-refractivity contribution in [3.63, 3.8) is 0 Å². The molecule has 1 unspecified atom stereocenters. The summed E-state index contributed by atoms with van der Waals surface area (Å²) < 4.78 is 13.0. The van der Waals surface area contributed by atoms with Crippen molar-refractivity contribution in [2.24, 2.45) is 4.99 Å². The van der Waals surface area contributed by atoms with E-state index in [9.17, 15) is 4.39 Å². The number of halogens is 1. The van der Waals surface area contributed by atoms with Gasteiger partial charge in [-0.2, -0.15) is 0 Å². The van der Waals surface area contributed by atoms with Crippen LogP contribution in [0.1, 0.15) is 19.8 Å². The van der Waals surface area contributed by atoms with E-state index in [1.165, 1.54) is 6.20 Å². The second-order valence-corrected chi connectivity index (χ2v) is 2.73.